The van der Waals surface area contributed by atoms with Crippen LogP contribution in [-0.4, -0.2) is 35.0 Å². The third kappa shape index (κ3) is 1.71. The zero-order valence-corrected chi connectivity index (χ0v) is 10.7. The Morgan fingerprint density at radius 3 is 2.57 bits per heavy atom. The molecule has 1 aliphatic heterocycles. The molecular weight excluding hydrogens is 190 g/mol. The van der Waals surface area contributed by atoms with Crippen LogP contribution >= 0.6 is 11.8 Å². The van der Waals surface area contributed by atoms with Crippen LogP contribution < -0.4 is 0 Å². The number of rotatable bonds is 1. The van der Waals surface area contributed by atoms with E-state index in [1.165, 1.54) is 18.8 Å². The normalized spacial score (nSPS) is 44.4. The SMILES string of the molecule is CC1C(C)C2SCCN(C(C)C)CC12. The molecule has 14 heavy (non-hydrogen) atoms. The van der Waals surface area contributed by atoms with Gasteiger partial charge in [-0.05, 0) is 31.6 Å². The second-order valence-electron chi connectivity index (χ2n) is 5.31. The summed E-state index contributed by atoms with van der Waals surface area (Å²) in [5.74, 6) is 4.22. The molecule has 2 heteroatoms. The van der Waals surface area contributed by atoms with Gasteiger partial charge in [0.2, 0.25) is 0 Å². The minimum Gasteiger partial charge on any atom is -0.300 e. The van der Waals surface area contributed by atoms with Gasteiger partial charge in [-0.2, -0.15) is 11.8 Å². The number of fused-ring (bicyclic) bond motifs is 1. The van der Waals surface area contributed by atoms with Crippen LogP contribution in [0.2, 0.25) is 0 Å². The van der Waals surface area contributed by atoms with E-state index in [4.69, 9.17) is 0 Å². The predicted octanol–water partition coefficient (Wildman–Crippen LogP) is 2.71. The summed E-state index contributed by atoms with van der Waals surface area (Å²) < 4.78 is 0. The lowest BCUT2D eigenvalue weighted by atomic mass is 9.66. The van der Waals surface area contributed by atoms with Gasteiger partial charge in [0.1, 0.15) is 0 Å². The lowest BCUT2D eigenvalue weighted by Crippen LogP contribution is -2.51. The molecule has 0 amide bonds. The Hall–Kier alpha value is 0.310. The van der Waals surface area contributed by atoms with Gasteiger partial charge in [-0.15, -0.1) is 0 Å². The Balaban J connectivity index is 2.00. The first kappa shape index (κ1) is 10.8. The molecule has 0 spiro atoms. The van der Waals surface area contributed by atoms with E-state index >= 15 is 0 Å². The van der Waals surface area contributed by atoms with E-state index in [-0.39, 0.29) is 0 Å². The molecule has 2 fully saturated rings. The van der Waals surface area contributed by atoms with Crippen LogP contribution in [-0.2, 0) is 0 Å². The minimum absolute atomic E-state index is 0.734. The topological polar surface area (TPSA) is 3.24 Å². The molecule has 82 valence electrons. The lowest BCUT2D eigenvalue weighted by Gasteiger charge is -2.49. The van der Waals surface area contributed by atoms with Gasteiger partial charge in [-0.1, -0.05) is 13.8 Å². The number of thioether (sulfide) groups is 1. The van der Waals surface area contributed by atoms with Crippen molar-refractivity contribution in [1.82, 2.24) is 4.90 Å². The Labute approximate surface area is 92.6 Å². The molecule has 2 rings (SSSR count). The van der Waals surface area contributed by atoms with Gasteiger partial charge in [0.15, 0.2) is 0 Å². The van der Waals surface area contributed by atoms with Crippen LogP contribution in [0.5, 0.6) is 0 Å². The highest BCUT2D eigenvalue weighted by Gasteiger charge is 2.46. The van der Waals surface area contributed by atoms with Crippen molar-refractivity contribution in [3.63, 3.8) is 0 Å². The lowest BCUT2D eigenvalue weighted by molar-refractivity contribution is 0.0682. The summed E-state index contributed by atoms with van der Waals surface area (Å²) in [5, 5.41) is 0.966. The Morgan fingerprint density at radius 1 is 1.21 bits per heavy atom. The standard InChI is InChI=1S/C12H23NS/c1-8(2)13-5-6-14-12-10(4)9(3)11(12)7-13/h8-12H,5-7H2,1-4H3. The van der Waals surface area contributed by atoms with Gasteiger partial charge in [-0.25, -0.2) is 0 Å². The summed E-state index contributed by atoms with van der Waals surface area (Å²) in [4.78, 5) is 2.67. The summed E-state index contributed by atoms with van der Waals surface area (Å²) in [6.45, 7) is 12.2. The van der Waals surface area contributed by atoms with E-state index < -0.39 is 0 Å². The van der Waals surface area contributed by atoms with Crippen LogP contribution in [0.25, 0.3) is 0 Å². The summed E-state index contributed by atoms with van der Waals surface area (Å²) in [6.07, 6.45) is 0. The average molecular weight is 213 g/mol. The fourth-order valence-electron chi connectivity index (χ4n) is 2.92. The maximum absolute atomic E-state index is 2.67. The molecule has 0 radical (unpaired) electrons. The molecule has 1 aliphatic carbocycles. The van der Waals surface area contributed by atoms with Crippen LogP contribution in [0.15, 0.2) is 0 Å². The van der Waals surface area contributed by atoms with E-state index in [1.54, 1.807) is 0 Å². The van der Waals surface area contributed by atoms with Crippen LogP contribution in [0.3, 0.4) is 0 Å². The number of hydrogen-bond donors (Lipinski definition) is 0. The van der Waals surface area contributed by atoms with Crippen molar-refractivity contribution in [2.45, 2.75) is 39.0 Å². The van der Waals surface area contributed by atoms with Crippen molar-refractivity contribution < 1.29 is 0 Å². The molecule has 0 bridgehead atoms. The van der Waals surface area contributed by atoms with E-state index in [1.807, 2.05) is 0 Å². The monoisotopic (exact) mass is 213 g/mol. The van der Waals surface area contributed by atoms with Gasteiger partial charge >= 0.3 is 0 Å². The molecule has 2 aliphatic rings. The van der Waals surface area contributed by atoms with Crippen molar-refractivity contribution in [2.75, 3.05) is 18.8 Å². The zero-order chi connectivity index (χ0) is 10.3. The van der Waals surface area contributed by atoms with Crippen molar-refractivity contribution in [1.29, 1.82) is 0 Å². The van der Waals surface area contributed by atoms with Gasteiger partial charge in [0.05, 0.1) is 0 Å². The summed E-state index contributed by atoms with van der Waals surface area (Å²) in [6, 6.07) is 0.734. The molecule has 1 heterocycles. The Bertz CT molecular complexity index is 204. The molecule has 4 atom stereocenters. The third-order valence-electron chi connectivity index (χ3n) is 4.31. The van der Waals surface area contributed by atoms with E-state index in [0.29, 0.717) is 0 Å². The highest BCUT2D eigenvalue weighted by atomic mass is 32.2. The fraction of sp³-hybridized carbons (Fsp3) is 1.00. The summed E-state index contributed by atoms with van der Waals surface area (Å²) in [7, 11) is 0. The van der Waals surface area contributed by atoms with Gasteiger partial charge in [0.25, 0.3) is 0 Å². The van der Waals surface area contributed by atoms with Gasteiger partial charge in [0, 0.05) is 30.1 Å². The molecule has 0 N–H and O–H groups in total. The molecule has 1 saturated carbocycles. The van der Waals surface area contributed by atoms with E-state index in [9.17, 15) is 0 Å². The molecule has 0 aromatic carbocycles. The van der Waals surface area contributed by atoms with Crippen LogP contribution in [0.1, 0.15) is 27.7 Å². The molecule has 1 saturated heterocycles. The first-order valence-corrected chi connectivity index (χ1v) is 7.01. The van der Waals surface area contributed by atoms with Crippen molar-refractivity contribution >= 4 is 11.8 Å². The molecule has 4 unspecified atom stereocenters. The largest absolute Gasteiger partial charge is 0.300 e. The van der Waals surface area contributed by atoms with Crippen LogP contribution in [0, 0.1) is 17.8 Å². The number of nitrogens with zero attached hydrogens (tertiary/aromatic N) is 1. The highest BCUT2D eigenvalue weighted by molar-refractivity contribution is 8.00. The van der Waals surface area contributed by atoms with Gasteiger partial charge < -0.3 is 0 Å². The average Bonchev–Trinajstić information content (AvgIpc) is 2.36. The second kappa shape index (κ2) is 4.05. The van der Waals surface area contributed by atoms with E-state index in [2.05, 4.69) is 44.4 Å². The van der Waals surface area contributed by atoms with Crippen molar-refractivity contribution in [3.05, 3.63) is 0 Å². The summed E-state index contributed by atoms with van der Waals surface area (Å²) >= 11 is 2.23. The Morgan fingerprint density at radius 2 is 1.93 bits per heavy atom. The molecule has 0 aromatic rings. The number of hydrogen-bond acceptors (Lipinski definition) is 2. The van der Waals surface area contributed by atoms with Crippen molar-refractivity contribution in [3.8, 4) is 0 Å². The zero-order valence-electron chi connectivity index (χ0n) is 9.86. The maximum atomic E-state index is 2.67. The predicted molar refractivity (Wildman–Crippen MR) is 64.8 cm³/mol. The van der Waals surface area contributed by atoms with Crippen LogP contribution in [0.4, 0.5) is 0 Å². The maximum Gasteiger partial charge on any atom is 0.0119 e. The molecule has 1 nitrogen and oxygen atoms in total. The summed E-state index contributed by atoms with van der Waals surface area (Å²) in [5.41, 5.74) is 0. The van der Waals surface area contributed by atoms with Gasteiger partial charge in [-0.3, -0.25) is 4.90 Å². The highest BCUT2D eigenvalue weighted by Crippen LogP contribution is 2.48. The first-order valence-electron chi connectivity index (χ1n) is 5.97. The van der Waals surface area contributed by atoms with Crippen molar-refractivity contribution in [2.24, 2.45) is 17.8 Å². The fourth-order valence-corrected chi connectivity index (χ4v) is 4.66. The quantitative estimate of drug-likeness (QED) is 0.659. The minimum atomic E-state index is 0.734. The smallest absolute Gasteiger partial charge is 0.0119 e. The molecular formula is C12H23NS. The third-order valence-corrected chi connectivity index (χ3v) is 5.89. The molecule has 0 aromatic heterocycles. The second-order valence-corrected chi connectivity index (χ2v) is 6.59. The first-order chi connectivity index (χ1) is 6.61. The van der Waals surface area contributed by atoms with E-state index in [0.717, 1.165) is 29.0 Å². The Kier molecular flexibility index (Phi) is 3.13.